The lowest BCUT2D eigenvalue weighted by Gasteiger charge is -2.21. The van der Waals surface area contributed by atoms with Crippen LogP contribution in [-0.4, -0.2) is 28.9 Å². The summed E-state index contributed by atoms with van der Waals surface area (Å²) in [6, 6.07) is 1.55. The fourth-order valence-corrected chi connectivity index (χ4v) is 1.87. The van der Waals surface area contributed by atoms with E-state index in [-0.39, 0.29) is 22.1 Å². The van der Waals surface area contributed by atoms with Crippen LogP contribution >= 0.6 is 23.8 Å². The summed E-state index contributed by atoms with van der Waals surface area (Å²) in [5, 5.41) is -0.370. The first kappa shape index (κ1) is 15.8. The van der Waals surface area contributed by atoms with Crippen molar-refractivity contribution in [2.45, 2.75) is 13.3 Å². The van der Waals surface area contributed by atoms with E-state index >= 15 is 0 Å². The Morgan fingerprint density at radius 2 is 2.05 bits per heavy atom. The van der Waals surface area contributed by atoms with Crippen LogP contribution in [0.4, 0.5) is 8.78 Å². The van der Waals surface area contributed by atoms with E-state index in [2.05, 4.69) is 0 Å². The number of halogens is 3. The molecule has 0 saturated carbocycles. The molecule has 0 radical (unpaired) electrons. The Hall–Kier alpha value is -1.27. The highest BCUT2D eigenvalue weighted by Gasteiger charge is 2.21. The Morgan fingerprint density at radius 3 is 2.58 bits per heavy atom. The molecule has 0 unspecified atom stereocenters. The highest BCUT2D eigenvalue weighted by molar-refractivity contribution is 7.80. The molecule has 0 atom stereocenters. The van der Waals surface area contributed by atoms with Gasteiger partial charge in [-0.3, -0.25) is 4.79 Å². The topological polar surface area (TPSA) is 46.3 Å². The number of hydrogen-bond acceptors (Lipinski definition) is 2. The van der Waals surface area contributed by atoms with Gasteiger partial charge in [-0.2, -0.15) is 0 Å². The third-order valence-electron chi connectivity index (χ3n) is 2.37. The van der Waals surface area contributed by atoms with Gasteiger partial charge in [0.15, 0.2) is 0 Å². The van der Waals surface area contributed by atoms with E-state index in [0.717, 1.165) is 12.1 Å². The van der Waals surface area contributed by atoms with Crippen molar-refractivity contribution in [1.82, 2.24) is 4.90 Å². The average Bonchev–Trinajstić information content (AvgIpc) is 2.32. The minimum absolute atomic E-state index is 0.0195. The Morgan fingerprint density at radius 1 is 1.42 bits per heavy atom. The minimum Gasteiger partial charge on any atom is -0.392 e. The fraction of sp³-hybridized carbons (Fsp3) is 0.333. The zero-order valence-corrected chi connectivity index (χ0v) is 11.8. The lowest BCUT2D eigenvalue weighted by molar-refractivity contribution is 0.0774. The first-order chi connectivity index (χ1) is 8.86. The summed E-state index contributed by atoms with van der Waals surface area (Å²) in [4.78, 5) is 13.5. The Bertz CT molecular complexity index is 511. The molecule has 0 bridgehead atoms. The van der Waals surface area contributed by atoms with Gasteiger partial charge < -0.3 is 10.6 Å². The minimum atomic E-state index is -0.875. The Labute approximate surface area is 120 Å². The first-order valence-corrected chi connectivity index (χ1v) is 6.37. The van der Waals surface area contributed by atoms with Crippen molar-refractivity contribution in [2.75, 3.05) is 13.1 Å². The smallest absolute Gasteiger partial charge is 0.257 e. The molecule has 0 aliphatic carbocycles. The van der Waals surface area contributed by atoms with Crippen LogP contribution in [0, 0.1) is 11.6 Å². The summed E-state index contributed by atoms with van der Waals surface area (Å²) < 4.78 is 27.0. The van der Waals surface area contributed by atoms with Crippen LogP contribution < -0.4 is 5.73 Å². The largest absolute Gasteiger partial charge is 0.392 e. The average molecular weight is 307 g/mol. The van der Waals surface area contributed by atoms with Crippen LogP contribution in [0.2, 0.25) is 5.02 Å². The molecule has 0 spiro atoms. The van der Waals surface area contributed by atoms with Crippen molar-refractivity contribution in [3.8, 4) is 0 Å². The van der Waals surface area contributed by atoms with E-state index in [1.807, 2.05) is 6.92 Å². The fourth-order valence-electron chi connectivity index (χ4n) is 1.57. The molecular formula is C12H13ClF2N2OS. The van der Waals surface area contributed by atoms with Crippen molar-refractivity contribution in [1.29, 1.82) is 0 Å². The number of carbonyl (C=O) groups excluding carboxylic acids is 1. The number of rotatable bonds is 5. The summed E-state index contributed by atoms with van der Waals surface area (Å²) in [5.74, 6) is -2.39. The van der Waals surface area contributed by atoms with Crippen LogP contribution in [0.1, 0.15) is 23.7 Å². The van der Waals surface area contributed by atoms with Crippen molar-refractivity contribution in [2.24, 2.45) is 5.73 Å². The van der Waals surface area contributed by atoms with E-state index in [4.69, 9.17) is 29.6 Å². The van der Waals surface area contributed by atoms with Gasteiger partial charge in [-0.15, -0.1) is 0 Å². The van der Waals surface area contributed by atoms with E-state index in [1.54, 1.807) is 0 Å². The maximum atomic E-state index is 13.7. The predicted molar refractivity (Wildman–Crippen MR) is 74.3 cm³/mol. The molecule has 104 valence electrons. The standard InChI is InChI=1S/C12H13ClF2N2OS/c1-2-3-17(6-11(16)19)12(18)7-4-10(15)8(13)5-9(7)14/h4-5H,2-3,6H2,1H3,(H2,16,19). The highest BCUT2D eigenvalue weighted by Crippen LogP contribution is 2.20. The Balaban J connectivity index is 3.08. The third-order valence-corrected chi connectivity index (χ3v) is 2.79. The Kier molecular flexibility index (Phi) is 5.62. The van der Waals surface area contributed by atoms with Gasteiger partial charge in [0.2, 0.25) is 0 Å². The molecule has 1 aromatic rings. The van der Waals surface area contributed by atoms with Gasteiger partial charge in [-0.05, 0) is 18.6 Å². The monoisotopic (exact) mass is 306 g/mol. The zero-order chi connectivity index (χ0) is 14.6. The van der Waals surface area contributed by atoms with Crippen LogP contribution in [0.15, 0.2) is 12.1 Å². The molecule has 1 aromatic carbocycles. The van der Waals surface area contributed by atoms with Crippen molar-refractivity contribution in [3.05, 3.63) is 34.4 Å². The SMILES string of the molecule is CCCN(CC(N)=S)C(=O)c1cc(F)c(Cl)cc1F. The normalized spacial score (nSPS) is 10.3. The summed E-state index contributed by atoms with van der Waals surface area (Å²) >= 11 is 10.2. The predicted octanol–water partition coefficient (Wildman–Crippen LogP) is 2.76. The number of benzene rings is 1. The zero-order valence-electron chi connectivity index (χ0n) is 10.3. The van der Waals surface area contributed by atoms with E-state index in [1.165, 1.54) is 4.90 Å². The van der Waals surface area contributed by atoms with Gasteiger partial charge in [0, 0.05) is 6.54 Å². The van der Waals surface area contributed by atoms with Crippen molar-refractivity contribution in [3.63, 3.8) is 0 Å². The number of carbonyl (C=O) groups is 1. The van der Waals surface area contributed by atoms with Crippen molar-refractivity contribution >= 4 is 34.7 Å². The molecule has 19 heavy (non-hydrogen) atoms. The number of hydrogen-bond donors (Lipinski definition) is 1. The lowest BCUT2D eigenvalue weighted by atomic mass is 10.1. The van der Waals surface area contributed by atoms with Gasteiger partial charge in [-0.1, -0.05) is 30.7 Å². The van der Waals surface area contributed by atoms with E-state index in [0.29, 0.717) is 13.0 Å². The highest BCUT2D eigenvalue weighted by atomic mass is 35.5. The molecule has 1 rings (SSSR count). The number of thiocarbonyl (C=S) groups is 1. The second-order valence-corrected chi connectivity index (χ2v) is 4.87. The van der Waals surface area contributed by atoms with Gasteiger partial charge in [0.1, 0.15) is 11.6 Å². The van der Waals surface area contributed by atoms with Gasteiger partial charge in [0.05, 0.1) is 22.1 Å². The van der Waals surface area contributed by atoms with Crippen LogP contribution in [0.25, 0.3) is 0 Å². The summed E-state index contributed by atoms with van der Waals surface area (Å²) in [6.45, 7) is 2.21. The van der Waals surface area contributed by atoms with Gasteiger partial charge >= 0.3 is 0 Å². The quantitative estimate of drug-likeness (QED) is 0.672. The molecule has 3 nitrogen and oxygen atoms in total. The van der Waals surface area contributed by atoms with Gasteiger partial charge in [0.25, 0.3) is 5.91 Å². The molecule has 0 fully saturated rings. The van der Waals surface area contributed by atoms with E-state index < -0.39 is 17.5 Å². The number of nitrogens with two attached hydrogens (primary N) is 1. The molecule has 7 heteroatoms. The maximum Gasteiger partial charge on any atom is 0.257 e. The molecule has 0 heterocycles. The van der Waals surface area contributed by atoms with Crippen LogP contribution in [0.3, 0.4) is 0 Å². The van der Waals surface area contributed by atoms with Crippen LogP contribution in [0.5, 0.6) is 0 Å². The number of nitrogens with zero attached hydrogens (tertiary/aromatic N) is 1. The van der Waals surface area contributed by atoms with Crippen molar-refractivity contribution < 1.29 is 13.6 Å². The third kappa shape index (κ3) is 4.11. The summed E-state index contributed by atoms with van der Waals surface area (Å²) in [5.41, 5.74) is 5.00. The first-order valence-electron chi connectivity index (χ1n) is 5.59. The molecule has 0 aromatic heterocycles. The summed E-state index contributed by atoms with van der Waals surface area (Å²) in [7, 11) is 0. The molecule has 2 N–H and O–H groups in total. The molecule has 0 aliphatic heterocycles. The number of amides is 1. The van der Waals surface area contributed by atoms with Crippen LogP contribution in [-0.2, 0) is 0 Å². The van der Waals surface area contributed by atoms with Gasteiger partial charge in [-0.25, -0.2) is 8.78 Å². The molecular weight excluding hydrogens is 294 g/mol. The second-order valence-electron chi connectivity index (χ2n) is 3.94. The van der Waals surface area contributed by atoms with E-state index in [9.17, 15) is 13.6 Å². The summed E-state index contributed by atoms with van der Waals surface area (Å²) in [6.07, 6.45) is 0.645. The molecule has 1 amide bonds. The molecule has 0 saturated heterocycles. The second kappa shape index (κ2) is 6.77. The lowest BCUT2D eigenvalue weighted by Crippen LogP contribution is -2.38. The molecule has 0 aliphatic rings. The maximum absolute atomic E-state index is 13.7.